The van der Waals surface area contributed by atoms with Crippen LogP contribution < -0.4 is 4.74 Å². The summed E-state index contributed by atoms with van der Waals surface area (Å²) in [6.07, 6.45) is 0. The van der Waals surface area contributed by atoms with E-state index in [0.29, 0.717) is 23.1 Å². The van der Waals surface area contributed by atoms with E-state index >= 15 is 0 Å². The number of esters is 1. The summed E-state index contributed by atoms with van der Waals surface area (Å²) in [5, 5.41) is 0. The highest BCUT2D eigenvalue weighted by Gasteiger charge is 2.17. The van der Waals surface area contributed by atoms with E-state index in [1.165, 1.54) is 11.3 Å². The molecule has 1 heterocycles. The van der Waals surface area contributed by atoms with Crippen molar-refractivity contribution in [3.05, 3.63) is 40.7 Å². The second-order valence-corrected chi connectivity index (χ2v) is 3.98. The van der Waals surface area contributed by atoms with Crippen molar-refractivity contribution in [3.8, 4) is 11.6 Å². The van der Waals surface area contributed by atoms with Crippen molar-refractivity contribution in [1.82, 2.24) is 4.98 Å². The lowest BCUT2D eigenvalue weighted by Gasteiger charge is -2.04. The van der Waals surface area contributed by atoms with Crippen LogP contribution in [-0.2, 0) is 4.74 Å². The molecule has 5 heteroatoms. The lowest BCUT2D eigenvalue weighted by atomic mass is 10.3. The van der Waals surface area contributed by atoms with Crippen molar-refractivity contribution in [3.63, 3.8) is 0 Å². The predicted octanol–water partition coefficient (Wildman–Crippen LogP) is 3.11. The number of hydrogen-bond acceptors (Lipinski definition) is 5. The molecule has 0 saturated heterocycles. The number of para-hydroxylation sites is 1. The molecule has 4 nitrogen and oxygen atoms in total. The zero-order valence-corrected chi connectivity index (χ0v) is 10.1. The molecule has 0 N–H and O–H groups in total. The first-order valence-corrected chi connectivity index (χ1v) is 6.02. The van der Waals surface area contributed by atoms with Crippen LogP contribution in [0.3, 0.4) is 0 Å². The molecular weight excluding hydrogens is 238 g/mol. The van der Waals surface area contributed by atoms with Crippen LogP contribution in [0, 0.1) is 0 Å². The molecule has 17 heavy (non-hydrogen) atoms. The molecule has 0 unspecified atom stereocenters. The minimum Gasteiger partial charge on any atom is -0.462 e. The Balaban J connectivity index is 2.17. The van der Waals surface area contributed by atoms with Crippen LogP contribution in [0.5, 0.6) is 11.6 Å². The Morgan fingerprint density at radius 1 is 1.35 bits per heavy atom. The van der Waals surface area contributed by atoms with Crippen LogP contribution in [0.4, 0.5) is 0 Å². The van der Waals surface area contributed by atoms with Gasteiger partial charge >= 0.3 is 5.97 Å². The molecule has 1 aromatic heterocycles. The largest absolute Gasteiger partial charge is 0.462 e. The predicted molar refractivity (Wildman–Crippen MR) is 64.6 cm³/mol. The molecule has 0 aliphatic carbocycles. The first-order chi connectivity index (χ1) is 8.31. The summed E-state index contributed by atoms with van der Waals surface area (Å²) in [6, 6.07) is 9.19. The van der Waals surface area contributed by atoms with E-state index < -0.39 is 5.97 Å². The van der Waals surface area contributed by atoms with Gasteiger partial charge in [0.2, 0.25) is 5.88 Å². The number of rotatable bonds is 4. The van der Waals surface area contributed by atoms with Gasteiger partial charge in [-0.3, -0.25) is 0 Å². The monoisotopic (exact) mass is 249 g/mol. The minimum absolute atomic E-state index is 0.291. The number of benzene rings is 1. The fraction of sp³-hybridized carbons (Fsp3) is 0.167. The van der Waals surface area contributed by atoms with E-state index in [1.54, 1.807) is 24.6 Å². The van der Waals surface area contributed by atoms with Crippen LogP contribution >= 0.6 is 11.3 Å². The number of aromatic nitrogens is 1. The first kappa shape index (κ1) is 11.6. The standard InChI is InChI=1S/C12H11NO3S/c1-2-15-12(14)10-11(13-8-17-10)16-9-6-4-3-5-7-9/h3-8H,2H2,1H3. The second kappa shape index (κ2) is 5.45. The Morgan fingerprint density at radius 3 is 2.82 bits per heavy atom. The molecule has 0 aliphatic rings. The molecule has 0 saturated carbocycles. The van der Waals surface area contributed by atoms with Crippen molar-refractivity contribution in [2.75, 3.05) is 6.61 Å². The van der Waals surface area contributed by atoms with Gasteiger partial charge in [0.25, 0.3) is 0 Å². The van der Waals surface area contributed by atoms with Crippen molar-refractivity contribution >= 4 is 17.3 Å². The van der Waals surface area contributed by atoms with Crippen LogP contribution in [-0.4, -0.2) is 17.6 Å². The van der Waals surface area contributed by atoms with Gasteiger partial charge in [0, 0.05) is 0 Å². The van der Waals surface area contributed by atoms with Crippen LogP contribution in [0.1, 0.15) is 16.6 Å². The maximum Gasteiger partial charge on any atom is 0.353 e. The van der Waals surface area contributed by atoms with E-state index in [4.69, 9.17) is 9.47 Å². The number of thiazole rings is 1. The molecule has 1 aromatic carbocycles. The Morgan fingerprint density at radius 2 is 2.12 bits per heavy atom. The fourth-order valence-corrected chi connectivity index (χ4v) is 1.85. The molecule has 0 aliphatic heterocycles. The second-order valence-electron chi connectivity index (χ2n) is 3.12. The van der Waals surface area contributed by atoms with Gasteiger partial charge in [-0.25, -0.2) is 9.78 Å². The maximum absolute atomic E-state index is 11.6. The number of carbonyl (C=O) groups is 1. The van der Waals surface area contributed by atoms with Gasteiger partial charge in [0.1, 0.15) is 5.75 Å². The molecule has 0 bridgehead atoms. The van der Waals surface area contributed by atoms with Gasteiger partial charge in [-0.2, -0.15) is 0 Å². The van der Waals surface area contributed by atoms with Gasteiger partial charge in [0.15, 0.2) is 4.88 Å². The molecule has 0 radical (unpaired) electrons. The highest BCUT2D eigenvalue weighted by molar-refractivity contribution is 7.12. The zero-order valence-electron chi connectivity index (χ0n) is 9.25. The zero-order chi connectivity index (χ0) is 12.1. The molecule has 0 atom stereocenters. The van der Waals surface area contributed by atoms with Gasteiger partial charge < -0.3 is 9.47 Å². The summed E-state index contributed by atoms with van der Waals surface area (Å²) in [6.45, 7) is 2.10. The molecule has 0 amide bonds. The summed E-state index contributed by atoms with van der Waals surface area (Å²) in [4.78, 5) is 16.0. The lowest BCUT2D eigenvalue weighted by molar-refractivity contribution is 0.0529. The first-order valence-electron chi connectivity index (χ1n) is 5.14. The summed E-state index contributed by atoms with van der Waals surface area (Å²) >= 11 is 1.21. The maximum atomic E-state index is 11.6. The van der Waals surface area contributed by atoms with E-state index in [-0.39, 0.29) is 0 Å². The summed E-state index contributed by atoms with van der Waals surface area (Å²) in [7, 11) is 0. The Hall–Kier alpha value is -1.88. The quantitative estimate of drug-likeness (QED) is 0.781. The van der Waals surface area contributed by atoms with Crippen molar-refractivity contribution < 1.29 is 14.3 Å². The van der Waals surface area contributed by atoms with E-state index in [9.17, 15) is 4.79 Å². The van der Waals surface area contributed by atoms with Crippen molar-refractivity contribution in [2.24, 2.45) is 0 Å². The molecule has 2 aromatic rings. The summed E-state index contributed by atoms with van der Waals surface area (Å²) in [5.74, 6) is 0.532. The molecule has 0 spiro atoms. The average molecular weight is 249 g/mol. The molecular formula is C12H11NO3S. The van der Waals surface area contributed by atoms with Crippen LogP contribution in [0.25, 0.3) is 0 Å². The third-order valence-electron chi connectivity index (χ3n) is 1.95. The number of ether oxygens (including phenoxy) is 2. The van der Waals surface area contributed by atoms with Gasteiger partial charge in [0.05, 0.1) is 12.1 Å². The van der Waals surface area contributed by atoms with Crippen LogP contribution in [0.15, 0.2) is 35.8 Å². The van der Waals surface area contributed by atoms with Crippen molar-refractivity contribution in [2.45, 2.75) is 6.92 Å². The third kappa shape index (κ3) is 2.82. The van der Waals surface area contributed by atoms with Crippen LogP contribution in [0.2, 0.25) is 0 Å². The molecule has 88 valence electrons. The van der Waals surface area contributed by atoms with E-state index in [0.717, 1.165) is 0 Å². The summed E-state index contributed by atoms with van der Waals surface area (Å²) in [5.41, 5.74) is 1.56. The van der Waals surface area contributed by atoms with Gasteiger partial charge in [-0.05, 0) is 19.1 Å². The smallest absolute Gasteiger partial charge is 0.353 e. The topological polar surface area (TPSA) is 48.4 Å². The summed E-state index contributed by atoms with van der Waals surface area (Å²) < 4.78 is 10.4. The SMILES string of the molecule is CCOC(=O)c1scnc1Oc1ccccc1. The third-order valence-corrected chi connectivity index (χ3v) is 2.74. The normalized spacial score (nSPS) is 9.94. The highest BCUT2D eigenvalue weighted by atomic mass is 32.1. The molecule has 2 rings (SSSR count). The van der Waals surface area contributed by atoms with Gasteiger partial charge in [-0.1, -0.05) is 18.2 Å². The highest BCUT2D eigenvalue weighted by Crippen LogP contribution is 2.27. The van der Waals surface area contributed by atoms with Gasteiger partial charge in [-0.15, -0.1) is 11.3 Å². The average Bonchev–Trinajstić information content (AvgIpc) is 2.79. The lowest BCUT2D eigenvalue weighted by Crippen LogP contribution is -2.04. The number of carbonyl (C=O) groups excluding carboxylic acids is 1. The fourth-order valence-electron chi connectivity index (χ4n) is 1.24. The Labute approximate surface area is 103 Å². The van der Waals surface area contributed by atoms with E-state index in [1.807, 2.05) is 18.2 Å². The minimum atomic E-state index is -0.402. The Bertz CT molecular complexity index is 495. The number of nitrogens with zero attached hydrogens (tertiary/aromatic N) is 1. The Kier molecular flexibility index (Phi) is 3.72. The van der Waals surface area contributed by atoms with Crippen molar-refractivity contribution in [1.29, 1.82) is 0 Å². The molecule has 0 fully saturated rings. The number of hydrogen-bond donors (Lipinski definition) is 0. The van der Waals surface area contributed by atoms with E-state index in [2.05, 4.69) is 4.98 Å².